The van der Waals surface area contributed by atoms with Crippen LogP contribution in [-0.4, -0.2) is 11.9 Å². The molecule has 0 unspecified atom stereocenters. The van der Waals surface area contributed by atoms with Gasteiger partial charge >= 0.3 is 11.9 Å². The summed E-state index contributed by atoms with van der Waals surface area (Å²) in [6.07, 6.45) is 5.47. The fourth-order valence-electron chi connectivity index (χ4n) is 2.91. The minimum atomic E-state index is -0.466. The van der Waals surface area contributed by atoms with E-state index in [0.717, 1.165) is 27.8 Å². The van der Waals surface area contributed by atoms with E-state index < -0.39 is 5.97 Å². The van der Waals surface area contributed by atoms with Crippen molar-refractivity contribution in [1.29, 1.82) is 0 Å². The second-order valence-electron chi connectivity index (χ2n) is 7.70. The lowest BCUT2D eigenvalue weighted by Gasteiger charge is -2.14. The molecule has 0 aliphatic carbocycles. The second-order valence-corrected chi connectivity index (χ2v) is 7.70. The molecule has 3 aromatic carbocycles. The van der Waals surface area contributed by atoms with Crippen LogP contribution in [0, 0.1) is 18.3 Å². The molecule has 0 aromatic heterocycles. The average molecular weight is 424 g/mol. The molecule has 3 rings (SSSR count). The number of carbonyl (C=O) groups excluding carboxylic acids is 2. The van der Waals surface area contributed by atoms with E-state index in [2.05, 4.69) is 12.5 Å². The summed E-state index contributed by atoms with van der Waals surface area (Å²) < 4.78 is 10.9. The third-order valence-corrected chi connectivity index (χ3v) is 4.77. The zero-order chi connectivity index (χ0) is 23.3. The van der Waals surface area contributed by atoms with E-state index in [1.165, 1.54) is 0 Å². The normalized spacial score (nSPS) is 10.3. The topological polar surface area (TPSA) is 52.6 Å². The van der Waals surface area contributed by atoms with Gasteiger partial charge in [0.2, 0.25) is 0 Å². The van der Waals surface area contributed by atoms with Gasteiger partial charge in [-0.05, 0) is 60.0 Å². The Morgan fingerprint density at radius 2 is 1.47 bits per heavy atom. The fraction of sp³-hybridized carbons (Fsp3) is 0.143. The number of hydrogen-bond acceptors (Lipinski definition) is 4. The van der Waals surface area contributed by atoms with E-state index >= 15 is 0 Å². The molecule has 0 amide bonds. The summed E-state index contributed by atoms with van der Waals surface area (Å²) in [6.45, 7) is 8.77. The Labute approximate surface area is 188 Å². The molecule has 0 radical (unpaired) electrons. The van der Waals surface area contributed by atoms with Gasteiger partial charge < -0.3 is 9.47 Å². The van der Waals surface area contributed by atoms with E-state index in [4.69, 9.17) is 15.9 Å². The molecule has 0 aliphatic rings. The van der Waals surface area contributed by atoms with Crippen molar-refractivity contribution in [1.82, 2.24) is 0 Å². The van der Waals surface area contributed by atoms with Crippen LogP contribution in [-0.2, 0) is 9.59 Å². The molecule has 0 heterocycles. The molecular weight excluding hydrogens is 400 g/mol. The van der Waals surface area contributed by atoms with E-state index in [-0.39, 0.29) is 11.9 Å². The summed E-state index contributed by atoms with van der Waals surface area (Å²) in [6, 6.07) is 20.3. The number of hydrogen-bond donors (Lipinski definition) is 0. The van der Waals surface area contributed by atoms with Crippen LogP contribution in [0.3, 0.4) is 0 Å². The minimum Gasteiger partial charge on any atom is -0.426 e. The molecule has 0 N–H and O–H groups in total. The first-order valence-corrected chi connectivity index (χ1v) is 10.2. The lowest BCUT2D eigenvalue weighted by molar-refractivity contribution is -0.137. The molecule has 0 saturated carbocycles. The summed E-state index contributed by atoms with van der Waals surface area (Å²) in [5.74, 6) is 2.50. The first kappa shape index (κ1) is 22.6. The smallest absolute Gasteiger partial charge is 0.338 e. The van der Waals surface area contributed by atoms with Gasteiger partial charge in [0.05, 0.1) is 5.92 Å². The Balaban J connectivity index is 1.98. The molecule has 3 aromatic rings. The largest absolute Gasteiger partial charge is 0.426 e. The molecule has 0 aliphatic heterocycles. The van der Waals surface area contributed by atoms with Crippen LogP contribution in [0.4, 0.5) is 0 Å². The highest BCUT2D eigenvalue weighted by Crippen LogP contribution is 2.35. The molecule has 160 valence electrons. The summed E-state index contributed by atoms with van der Waals surface area (Å²) in [4.78, 5) is 23.9. The molecule has 32 heavy (non-hydrogen) atoms. The Morgan fingerprint density at radius 1 is 0.875 bits per heavy atom. The van der Waals surface area contributed by atoms with Crippen LogP contribution in [0.2, 0.25) is 0 Å². The van der Waals surface area contributed by atoms with Gasteiger partial charge in [-0.1, -0.05) is 56.7 Å². The van der Waals surface area contributed by atoms with Gasteiger partial charge in [-0.3, -0.25) is 4.79 Å². The number of benzene rings is 3. The van der Waals surface area contributed by atoms with Gasteiger partial charge in [0.1, 0.15) is 11.5 Å². The van der Waals surface area contributed by atoms with Gasteiger partial charge in [-0.15, -0.1) is 6.42 Å². The number of carbonyl (C=O) groups is 2. The highest BCUT2D eigenvalue weighted by atomic mass is 16.5. The van der Waals surface area contributed by atoms with Crippen LogP contribution in [0.5, 0.6) is 11.5 Å². The lowest BCUT2D eigenvalue weighted by atomic mass is 9.97. The zero-order valence-electron chi connectivity index (χ0n) is 18.3. The number of esters is 2. The third-order valence-electron chi connectivity index (χ3n) is 4.77. The molecular formula is C28H24O4. The third kappa shape index (κ3) is 5.33. The SMILES string of the molecule is C#Cc1ccc(-c2cc(-c3ccc(OC(=O)C(=C)C)cc3)ccc2OC(=O)C(C)C)cc1. The quantitative estimate of drug-likeness (QED) is 0.209. The van der Waals surface area contributed by atoms with E-state index in [0.29, 0.717) is 17.1 Å². The summed E-state index contributed by atoms with van der Waals surface area (Å²) in [5.41, 5.74) is 4.60. The standard InChI is InChI=1S/C28H24O4/c1-6-20-7-9-22(10-8-20)25-17-23(13-16-26(25)32-28(30)19(4)5)21-11-14-24(15-12-21)31-27(29)18(2)3/h1,7-17,19H,2H2,3-5H3. The molecule has 0 fully saturated rings. The maximum absolute atomic E-state index is 12.2. The van der Waals surface area contributed by atoms with Gasteiger partial charge in [0, 0.05) is 16.7 Å². The molecule has 0 saturated heterocycles. The van der Waals surface area contributed by atoms with E-state index in [1.54, 1.807) is 39.0 Å². The van der Waals surface area contributed by atoms with Crippen molar-refractivity contribution in [2.45, 2.75) is 20.8 Å². The maximum atomic E-state index is 12.2. The van der Waals surface area contributed by atoms with Gasteiger partial charge in [-0.25, -0.2) is 4.79 Å². The number of ether oxygens (including phenoxy) is 2. The Kier molecular flexibility index (Phi) is 6.92. The molecule has 4 heteroatoms. The second kappa shape index (κ2) is 9.80. The highest BCUT2D eigenvalue weighted by Gasteiger charge is 2.15. The van der Waals surface area contributed by atoms with E-state index in [1.807, 2.05) is 48.5 Å². The predicted molar refractivity (Wildman–Crippen MR) is 126 cm³/mol. The van der Waals surface area contributed by atoms with Gasteiger partial charge in [0.25, 0.3) is 0 Å². The Hall–Kier alpha value is -4.10. The van der Waals surface area contributed by atoms with Crippen LogP contribution < -0.4 is 9.47 Å². The Bertz CT molecular complexity index is 1190. The van der Waals surface area contributed by atoms with Crippen LogP contribution in [0.25, 0.3) is 22.3 Å². The molecule has 4 nitrogen and oxygen atoms in total. The molecule has 0 bridgehead atoms. The predicted octanol–water partition coefficient (Wildman–Crippen LogP) is 6.04. The van der Waals surface area contributed by atoms with Crippen molar-refractivity contribution >= 4 is 11.9 Å². The van der Waals surface area contributed by atoms with Crippen LogP contribution in [0.1, 0.15) is 26.3 Å². The maximum Gasteiger partial charge on any atom is 0.338 e. The van der Waals surface area contributed by atoms with Crippen molar-refractivity contribution in [3.63, 3.8) is 0 Å². The first-order valence-electron chi connectivity index (χ1n) is 10.2. The van der Waals surface area contributed by atoms with Crippen LogP contribution >= 0.6 is 0 Å². The first-order chi connectivity index (χ1) is 15.3. The van der Waals surface area contributed by atoms with Crippen LogP contribution in [0.15, 0.2) is 78.9 Å². The zero-order valence-corrected chi connectivity index (χ0v) is 18.3. The summed E-state index contributed by atoms with van der Waals surface area (Å²) >= 11 is 0. The van der Waals surface area contributed by atoms with Gasteiger partial charge in [-0.2, -0.15) is 0 Å². The van der Waals surface area contributed by atoms with Crippen molar-refractivity contribution < 1.29 is 19.1 Å². The van der Waals surface area contributed by atoms with Crippen molar-refractivity contribution in [2.24, 2.45) is 5.92 Å². The summed E-state index contributed by atoms with van der Waals surface area (Å²) in [7, 11) is 0. The minimum absolute atomic E-state index is 0.249. The van der Waals surface area contributed by atoms with Crippen molar-refractivity contribution in [3.05, 3.63) is 84.4 Å². The fourth-order valence-corrected chi connectivity index (χ4v) is 2.91. The van der Waals surface area contributed by atoms with Crippen molar-refractivity contribution in [3.8, 4) is 46.1 Å². The lowest BCUT2D eigenvalue weighted by Crippen LogP contribution is -2.15. The van der Waals surface area contributed by atoms with Gasteiger partial charge in [0.15, 0.2) is 0 Å². The monoisotopic (exact) mass is 424 g/mol. The summed E-state index contributed by atoms with van der Waals surface area (Å²) in [5, 5.41) is 0. The molecule has 0 atom stereocenters. The van der Waals surface area contributed by atoms with E-state index in [9.17, 15) is 9.59 Å². The van der Waals surface area contributed by atoms with Crippen molar-refractivity contribution in [2.75, 3.05) is 0 Å². The number of terminal acetylenes is 1. The number of rotatable bonds is 6. The average Bonchev–Trinajstić information content (AvgIpc) is 2.79. The Morgan fingerprint density at radius 3 is 2.03 bits per heavy atom. The highest BCUT2D eigenvalue weighted by molar-refractivity contribution is 5.89. The molecule has 0 spiro atoms.